The van der Waals surface area contributed by atoms with E-state index in [1.54, 1.807) is 18.5 Å². The van der Waals surface area contributed by atoms with E-state index in [1.165, 1.54) is 6.92 Å². The van der Waals surface area contributed by atoms with Gasteiger partial charge in [-0.25, -0.2) is 9.48 Å². The van der Waals surface area contributed by atoms with Gasteiger partial charge in [-0.15, -0.1) is 0 Å². The number of carbonyl (C=O) groups is 3. The number of Topliss-reactive ketones (excluding diaryl/α,β-unsaturated/α-hetero) is 1. The fourth-order valence-corrected chi connectivity index (χ4v) is 3.34. The lowest BCUT2D eigenvalue weighted by Gasteiger charge is -2.16. The van der Waals surface area contributed by atoms with Crippen LogP contribution in [0, 0.1) is 13.8 Å². The lowest BCUT2D eigenvalue weighted by molar-refractivity contribution is -0.128. The first-order valence-electron chi connectivity index (χ1n) is 9.99. The van der Waals surface area contributed by atoms with E-state index in [0.717, 1.165) is 11.3 Å². The van der Waals surface area contributed by atoms with Gasteiger partial charge >= 0.3 is 5.97 Å². The molecule has 7 nitrogen and oxygen atoms in total. The summed E-state index contributed by atoms with van der Waals surface area (Å²) in [6, 6.07) is 18.2. The van der Waals surface area contributed by atoms with E-state index >= 15 is 0 Å². The predicted octanol–water partition coefficient (Wildman–Crippen LogP) is 2.96. The summed E-state index contributed by atoms with van der Waals surface area (Å²) in [6.07, 6.45) is 0.373. The van der Waals surface area contributed by atoms with Crippen molar-refractivity contribution in [3.63, 3.8) is 0 Å². The number of amides is 1. The third-order valence-electron chi connectivity index (χ3n) is 4.94. The highest BCUT2D eigenvalue weighted by Gasteiger charge is 2.23. The van der Waals surface area contributed by atoms with Crippen molar-refractivity contribution in [1.82, 2.24) is 15.1 Å². The number of benzene rings is 2. The van der Waals surface area contributed by atoms with Crippen LogP contribution in [-0.4, -0.2) is 40.1 Å². The second-order valence-corrected chi connectivity index (χ2v) is 7.29. The molecule has 0 fully saturated rings. The number of aryl methyl sites for hydroxylation is 1. The van der Waals surface area contributed by atoms with Gasteiger partial charge in [0.1, 0.15) is 5.56 Å². The molecule has 1 atom stereocenters. The average molecular weight is 419 g/mol. The van der Waals surface area contributed by atoms with Gasteiger partial charge in [0.05, 0.1) is 23.1 Å². The van der Waals surface area contributed by atoms with Crippen molar-refractivity contribution in [2.45, 2.75) is 33.2 Å². The molecule has 31 heavy (non-hydrogen) atoms. The molecule has 7 heteroatoms. The van der Waals surface area contributed by atoms with Crippen LogP contribution in [0.2, 0.25) is 0 Å². The van der Waals surface area contributed by atoms with Crippen molar-refractivity contribution < 1.29 is 19.1 Å². The number of rotatable bonds is 8. The summed E-state index contributed by atoms with van der Waals surface area (Å²) in [5.74, 6) is -1.33. The summed E-state index contributed by atoms with van der Waals surface area (Å²) in [7, 11) is 0. The number of carbonyl (C=O) groups excluding carboxylic acids is 3. The number of nitrogens with one attached hydrogen (secondary N) is 1. The van der Waals surface area contributed by atoms with E-state index in [0.29, 0.717) is 23.4 Å². The molecular formula is C24H25N3O4. The molecule has 0 unspecified atom stereocenters. The number of nitrogens with zero attached hydrogens (tertiary/aromatic N) is 2. The first-order chi connectivity index (χ1) is 14.9. The third-order valence-corrected chi connectivity index (χ3v) is 4.94. The highest BCUT2D eigenvalue weighted by atomic mass is 16.5. The van der Waals surface area contributed by atoms with Crippen LogP contribution < -0.4 is 5.32 Å². The second kappa shape index (κ2) is 9.84. The summed E-state index contributed by atoms with van der Waals surface area (Å²) >= 11 is 0. The van der Waals surface area contributed by atoms with Crippen LogP contribution in [0.4, 0.5) is 0 Å². The molecule has 0 saturated heterocycles. The molecule has 1 aromatic heterocycles. The van der Waals surface area contributed by atoms with Crippen molar-refractivity contribution in [2.75, 3.05) is 6.61 Å². The number of aromatic nitrogens is 2. The van der Waals surface area contributed by atoms with E-state index in [1.807, 2.05) is 60.7 Å². The van der Waals surface area contributed by atoms with Gasteiger partial charge in [-0.2, -0.15) is 5.10 Å². The molecule has 1 N–H and O–H groups in total. The molecule has 160 valence electrons. The lowest BCUT2D eigenvalue weighted by atomic mass is 10.0. The van der Waals surface area contributed by atoms with Gasteiger partial charge in [-0.05, 0) is 44.9 Å². The van der Waals surface area contributed by atoms with Crippen LogP contribution in [0.15, 0.2) is 60.7 Å². The summed E-state index contributed by atoms with van der Waals surface area (Å²) in [5.41, 5.74) is 3.21. The highest BCUT2D eigenvalue weighted by Crippen LogP contribution is 2.18. The minimum absolute atomic E-state index is 0.167. The summed E-state index contributed by atoms with van der Waals surface area (Å²) in [6.45, 7) is 4.43. The van der Waals surface area contributed by atoms with E-state index < -0.39 is 24.5 Å². The molecule has 1 heterocycles. The molecule has 0 aliphatic rings. The maximum atomic E-state index is 12.6. The predicted molar refractivity (Wildman–Crippen MR) is 116 cm³/mol. The van der Waals surface area contributed by atoms with Gasteiger partial charge in [0.2, 0.25) is 0 Å². The number of ether oxygens (including phenoxy) is 1. The SMILES string of the molecule is CC(=O)[C@H](Cc1ccccc1)NC(=O)COC(=O)c1c(C)nn(-c2ccccc2)c1C. The Morgan fingerprint density at radius 1 is 1.00 bits per heavy atom. The van der Waals surface area contributed by atoms with Crippen molar-refractivity contribution in [2.24, 2.45) is 0 Å². The molecule has 2 aromatic carbocycles. The first-order valence-corrected chi connectivity index (χ1v) is 9.99. The summed E-state index contributed by atoms with van der Waals surface area (Å²) < 4.78 is 6.88. The molecule has 0 aliphatic heterocycles. The van der Waals surface area contributed by atoms with Crippen molar-refractivity contribution in [1.29, 1.82) is 0 Å². The van der Waals surface area contributed by atoms with Gasteiger partial charge in [0.15, 0.2) is 12.4 Å². The van der Waals surface area contributed by atoms with E-state index in [2.05, 4.69) is 10.4 Å². The fraction of sp³-hybridized carbons (Fsp3) is 0.250. The maximum absolute atomic E-state index is 12.6. The Bertz CT molecular complexity index is 1070. The molecule has 0 spiro atoms. The molecular weight excluding hydrogens is 394 g/mol. The van der Waals surface area contributed by atoms with Crippen molar-refractivity contribution in [3.05, 3.63) is 83.2 Å². The Labute approximate surface area is 181 Å². The molecule has 0 aliphatic carbocycles. The zero-order valence-corrected chi connectivity index (χ0v) is 17.8. The monoisotopic (exact) mass is 419 g/mol. The zero-order chi connectivity index (χ0) is 22.4. The zero-order valence-electron chi connectivity index (χ0n) is 17.8. The Balaban J connectivity index is 1.63. The van der Waals surface area contributed by atoms with Crippen molar-refractivity contribution >= 4 is 17.7 Å². The second-order valence-electron chi connectivity index (χ2n) is 7.29. The number of ketones is 1. The van der Waals surface area contributed by atoms with Crippen LogP contribution >= 0.6 is 0 Å². The van der Waals surface area contributed by atoms with Gasteiger partial charge in [-0.3, -0.25) is 9.59 Å². The van der Waals surface area contributed by atoms with Gasteiger partial charge in [-0.1, -0.05) is 48.5 Å². The molecule has 0 radical (unpaired) electrons. The molecule has 1 amide bonds. The van der Waals surface area contributed by atoms with Crippen LogP contribution in [0.3, 0.4) is 0 Å². The molecule has 3 aromatic rings. The Morgan fingerprint density at radius 3 is 2.23 bits per heavy atom. The molecule has 0 bridgehead atoms. The minimum Gasteiger partial charge on any atom is -0.452 e. The van der Waals surface area contributed by atoms with E-state index in [9.17, 15) is 14.4 Å². The standard InChI is InChI=1S/C24H25N3O4/c1-16-23(17(2)27(26-16)20-12-8-5-9-13-20)24(30)31-15-22(29)25-21(18(3)28)14-19-10-6-4-7-11-19/h4-13,21H,14-15H2,1-3H3,(H,25,29)/t21-/m0/s1. The van der Waals surface area contributed by atoms with Crippen LogP contribution in [0.1, 0.15) is 34.2 Å². The average Bonchev–Trinajstić information content (AvgIpc) is 3.07. The Morgan fingerprint density at radius 2 is 1.61 bits per heavy atom. The van der Waals surface area contributed by atoms with Gasteiger partial charge in [0.25, 0.3) is 5.91 Å². The quantitative estimate of drug-likeness (QED) is 0.567. The number of esters is 1. The van der Waals surface area contributed by atoms with Gasteiger partial charge < -0.3 is 10.1 Å². The Hall–Kier alpha value is -3.74. The smallest absolute Gasteiger partial charge is 0.342 e. The van der Waals surface area contributed by atoms with Crippen molar-refractivity contribution in [3.8, 4) is 5.69 Å². The van der Waals surface area contributed by atoms with Gasteiger partial charge in [0, 0.05) is 0 Å². The summed E-state index contributed by atoms with van der Waals surface area (Å²) in [5, 5.41) is 7.06. The Kier molecular flexibility index (Phi) is 6.97. The maximum Gasteiger partial charge on any atom is 0.342 e. The number of para-hydroxylation sites is 1. The van der Waals surface area contributed by atoms with Crippen LogP contribution in [0.5, 0.6) is 0 Å². The summed E-state index contributed by atoms with van der Waals surface area (Å²) in [4.78, 5) is 36.9. The fourth-order valence-electron chi connectivity index (χ4n) is 3.34. The first kappa shape index (κ1) is 22.0. The largest absolute Gasteiger partial charge is 0.452 e. The lowest BCUT2D eigenvalue weighted by Crippen LogP contribution is -2.43. The highest BCUT2D eigenvalue weighted by molar-refractivity contribution is 5.94. The van der Waals surface area contributed by atoms with Crippen LogP contribution in [0.25, 0.3) is 5.69 Å². The minimum atomic E-state index is -0.682. The van der Waals surface area contributed by atoms with E-state index in [-0.39, 0.29) is 5.78 Å². The van der Waals surface area contributed by atoms with E-state index in [4.69, 9.17) is 4.74 Å². The molecule has 3 rings (SSSR count). The van der Waals surface area contributed by atoms with Crippen LogP contribution in [-0.2, 0) is 20.7 Å². The number of hydrogen-bond donors (Lipinski definition) is 1. The normalized spacial score (nSPS) is 11.6. The topological polar surface area (TPSA) is 90.3 Å². The third kappa shape index (κ3) is 5.45. The number of hydrogen-bond acceptors (Lipinski definition) is 5. The molecule has 0 saturated carbocycles.